The van der Waals surface area contributed by atoms with Crippen LogP contribution in [-0.2, 0) is 14.4 Å². The maximum Gasteiger partial charge on any atom is 0.338 e. The van der Waals surface area contributed by atoms with E-state index in [1.807, 2.05) is 96.9 Å². The smallest absolute Gasteiger partial charge is 0.338 e. The number of carbonyl (C=O) groups excluding carboxylic acids is 4. The second kappa shape index (κ2) is 45.6. The molecule has 3 amide bonds. The Morgan fingerprint density at radius 3 is 1.24 bits per heavy atom. The summed E-state index contributed by atoms with van der Waals surface area (Å²) in [6.45, 7) is 27.0. The highest BCUT2D eigenvalue weighted by Gasteiger charge is 2.41. The molecule has 0 saturated heterocycles. The molecule has 8 aromatic carbocycles. The van der Waals surface area contributed by atoms with Crippen molar-refractivity contribution in [3.05, 3.63) is 312 Å². The fourth-order valence-corrected chi connectivity index (χ4v) is 11.0. The molecule has 0 radical (unpaired) electrons. The number of non-ortho nitro benzene ring substituents is 1. The first-order valence-electron chi connectivity index (χ1n) is 36.1. The van der Waals surface area contributed by atoms with Crippen molar-refractivity contribution in [3.8, 4) is 6.07 Å². The zero-order valence-corrected chi connectivity index (χ0v) is 66.3. The summed E-state index contributed by atoms with van der Waals surface area (Å²) in [5, 5.41) is 42.7. The van der Waals surface area contributed by atoms with Gasteiger partial charge in [0, 0.05) is 31.1 Å². The molecule has 6 atom stereocenters. The van der Waals surface area contributed by atoms with Crippen LogP contribution in [-0.4, -0.2) is 67.9 Å². The van der Waals surface area contributed by atoms with E-state index in [2.05, 4.69) is 15.1 Å². The van der Waals surface area contributed by atoms with Crippen molar-refractivity contribution in [1.82, 2.24) is 14.9 Å². The lowest BCUT2D eigenvalue weighted by molar-refractivity contribution is -0.384. The third kappa shape index (κ3) is 28.9. The first-order valence-corrected chi connectivity index (χ1v) is 36.5. The van der Waals surface area contributed by atoms with Crippen LogP contribution in [0.4, 0.5) is 42.2 Å². The second-order valence-electron chi connectivity index (χ2n) is 28.4. The van der Waals surface area contributed by atoms with Gasteiger partial charge in [0.2, 0.25) is 5.91 Å². The van der Waals surface area contributed by atoms with Crippen molar-refractivity contribution in [3.63, 3.8) is 0 Å². The summed E-state index contributed by atoms with van der Waals surface area (Å²) in [5.74, 6) is -2.82. The monoisotopic (exact) mass is 1570 g/mol. The minimum absolute atomic E-state index is 0.00231. The zero-order chi connectivity index (χ0) is 84.0. The van der Waals surface area contributed by atoms with Crippen molar-refractivity contribution >= 4 is 46.8 Å². The van der Waals surface area contributed by atoms with Crippen LogP contribution < -0.4 is 11.1 Å². The van der Waals surface area contributed by atoms with Crippen molar-refractivity contribution in [1.29, 1.82) is 5.26 Å². The molecule has 112 heavy (non-hydrogen) atoms. The van der Waals surface area contributed by atoms with E-state index >= 15 is 0 Å². The molecule has 1 aromatic heterocycles. The number of hydrogen-bond donors (Lipinski definition) is 4. The maximum atomic E-state index is 14.0. The Morgan fingerprint density at radius 1 is 0.545 bits per heavy atom. The SMILES string of the molecule is CC(C)C(O)c1ccc(F)cc1.CC(C)C(O)c1ccc(F)cc1.CC(C)C(OC(=O)c1ccc([N+](=O)[O-])cc1)c1ccc(F)cc1.CC(C)[C@@H](c1ccc(F)cc1)N1C(=O)c2ccccc2C1=O.CC(C)[C@H](N)c1ccc(F)cc1.CC(C)[C@H](Nc1nc(Cl)c(C#N)cc1F)c1ccc(F)cc1.CON(C)C(=O)C(C)C. The van der Waals surface area contributed by atoms with Crippen LogP contribution in [0.3, 0.4) is 0 Å². The van der Waals surface area contributed by atoms with Gasteiger partial charge in [-0.2, -0.15) is 5.26 Å². The van der Waals surface area contributed by atoms with E-state index in [1.54, 1.807) is 110 Å². The van der Waals surface area contributed by atoms with E-state index < -0.39 is 41.1 Å². The van der Waals surface area contributed by atoms with E-state index in [1.165, 1.54) is 114 Å². The number of halogens is 8. The number of benzene rings is 8. The molecule has 0 saturated carbocycles. The number of aromatic nitrogens is 1. The molecule has 5 N–H and O–H groups in total. The fraction of sp³-hybridized carbons (Fsp3) is 0.333. The van der Waals surface area contributed by atoms with Crippen molar-refractivity contribution in [2.24, 2.45) is 47.2 Å². The number of imide groups is 1. The summed E-state index contributed by atoms with van der Waals surface area (Å²) in [7, 11) is 3.07. The highest BCUT2D eigenvalue weighted by atomic mass is 35.5. The van der Waals surface area contributed by atoms with Crippen LogP contribution in [0, 0.1) is 104 Å². The molecular formula is C87H99ClF7N7O10. The number of nitrogens with two attached hydrogens (primary N) is 1. The lowest BCUT2D eigenvalue weighted by Crippen LogP contribution is -2.36. The molecule has 1 aliphatic heterocycles. The quantitative estimate of drug-likeness (QED) is 0.0138. The van der Waals surface area contributed by atoms with Gasteiger partial charge in [0.05, 0.1) is 58.6 Å². The Balaban J connectivity index is 0.000000283. The number of hydrogen-bond acceptors (Lipinski definition) is 14. The van der Waals surface area contributed by atoms with Crippen LogP contribution in [0.15, 0.2) is 200 Å². The van der Waals surface area contributed by atoms with Gasteiger partial charge in [0.25, 0.3) is 17.5 Å². The van der Waals surface area contributed by atoms with E-state index in [0.29, 0.717) is 22.6 Å². The number of fused-ring (bicyclic) bond motifs is 1. The highest BCUT2D eigenvalue weighted by Crippen LogP contribution is 2.37. The molecule has 10 rings (SSSR count). The molecule has 2 heterocycles. The number of nitriles is 1. The van der Waals surface area contributed by atoms with Crippen molar-refractivity contribution in [2.75, 3.05) is 19.5 Å². The number of aliphatic hydroxyl groups is 2. The van der Waals surface area contributed by atoms with Gasteiger partial charge in [-0.15, -0.1) is 0 Å². The topological polar surface area (TPSA) is 252 Å². The number of hydroxylamine groups is 2. The lowest BCUT2D eigenvalue weighted by atomic mass is 9.94. The first-order chi connectivity index (χ1) is 52.7. The summed E-state index contributed by atoms with van der Waals surface area (Å²) < 4.78 is 96.2. The number of esters is 1. The van der Waals surface area contributed by atoms with Crippen molar-refractivity contribution in [2.45, 2.75) is 133 Å². The van der Waals surface area contributed by atoms with Gasteiger partial charge in [-0.05, 0) is 172 Å². The Kier molecular flexibility index (Phi) is 38.1. The summed E-state index contributed by atoms with van der Waals surface area (Å²) in [6, 6.07) is 50.1. The number of amides is 3. The zero-order valence-electron chi connectivity index (χ0n) is 65.6. The molecule has 25 heteroatoms. The fourth-order valence-electron chi connectivity index (χ4n) is 10.8. The number of aliphatic hydroxyl groups excluding tert-OH is 2. The number of anilines is 1. The Labute approximate surface area is 656 Å². The summed E-state index contributed by atoms with van der Waals surface area (Å²) >= 11 is 5.84. The normalized spacial score (nSPS) is 13.0. The van der Waals surface area contributed by atoms with Gasteiger partial charge < -0.3 is 26.0 Å². The first kappa shape index (κ1) is 93.7. The number of nitrogens with zero attached hydrogens (tertiary/aromatic N) is 5. The number of nitrogens with one attached hydrogen (secondary N) is 1. The van der Waals surface area contributed by atoms with Gasteiger partial charge >= 0.3 is 5.97 Å². The molecule has 598 valence electrons. The molecule has 1 aliphatic rings. The molecule has 0 aliphatic carbocycles. The minimum Gasteiger partial charge on any atom is -0.454 e. The van der Waals surface area contributed by atoms with E-state index in [-0.39, 0.29) is 128 Å². The Bertz CT molecular complexity index is 4310. The number of pyridine rings is 1. The average Bonchev–Trinajstić information content (AvgIpc) is 1.61. The van der Waals surface area contributed by atoms with Crippen LogP contribution >= 0.6 is 11.6 Å². The Morgan fingerprint density at radius 2 is 0.920 bits per heavy atom. The number of nitro groups is 1. The molecule has 3 unspecified atom stereocenters. The van der Waals surface area contributed by atoms with Gasteiger partial charge in [-0.3, -0.25) is 34.2 Å². The van der Waals surface area contributed by atoms with Crippen LogP contribution in [0.1, 0.15) is 203 Å². The molecule has 9 aromatic rings. The Hall–Kier alpha value is -10.7. The van der Waals surface area contributed by atoms with Gasteiger partial charge in [0.15, 0.2) is 11.6 Å². The number of carbonyl (C=O) groups is 4. The van der Waals surface area contributed by atoms with Crippen molar-refractivity contribution < 1.29 is 74.6 Å². The number of ether oxygens (including phenoxy) is 1. The standard InChI is InChI=1S/C18H16FNO2.C17H16FNO4.C16H14ClF2N3.C10H14FN.2C10H13FO.C6H13NO2/c1-11(2)16(12-7-9-13(19)10-8-12)20-17(21)14-5-3-4-6-15(14)18(20)22;1-11(2)16(12-3-7-14(18)8-4-12)23-17(20)13-5-9-15(10-6-13)19(21)22;1-9(2)14(10-3-5-12(18)6-4-10)21-16-13(19)7-11(8-20)15(17)22-16;3*1-7(2)10(12)8-3-5-9(11)6-4-8;1-5(2)6(8)7(3)9-4/h3-11,16H,1-2H3;3-11,16H,1-2H3;3-7,9,14H,1-2H3,(H,21,22);3-7,10H,12H2,1-2H3;2*3-7,10,12H,1-2H3;5H,1-4H3/t16-;;14-;10-;;;/m0.00.../s1. The highest BCUT2D eigenvalue weighted by molar-refractivity contribution is 6.30. The third-order valence-corrected chi connectivity index (χ3v) is 17.6. The van der Waals surface area contributed by atoms with E-state index in [4.69, 9.17) is 27.3 Å². The predicted molar refractivity (Wildman–Crippen MR) is 420 cm³/mol. The minimum atomic E-state index is -0.659. The lowest BCUT2D eigenvalue weighted by Gasteiger charge is -2.30. The van der Waals surface area contributed by atoms with Gasteiger partial charge in [0.1, 0.15) is 52.2 Å². The van der Waals surface area contributed by atoms with E-state index in [0.717, 1.165) is 33.9 Å². The molecule has 0 fully saturated rings. The maximum absolute atomic E-state index is 14.0. The van der Waals surface area contributed by atoms with Crippen LogP contribution in [0.25, 0.3) is 0 Å². The average molecular weight is 1570 g/mol. The summed E-state index contributed by atoms with van der Waals surface area (Å²) in [6.07, 6.45) is -1.52. The summed E-state index contributed by atoms with van der Waals surface area (Å²) in [5.41, 5.74) is 11.6. The summed E-state index contributed by atoms with van der Waals surface area (Å²) in [4.78, 5) is 68.3. The molecule has 17 nitrogen and oxygen atoms in total. The largest absolute Gasteiger partial charge is 0.454 e. The number of nitro benzene ring substituents is 1. The van der Waals surface area contributed by atoms with E-state index in [9.17, 15) is 70.2 Å². The predicted octanol–water partition coefficient (Wildman–Crippen LogP) is 21.0. The second-order valence-corrected chi connectivity index (χ2v) is 28.7. The molecule has 0 bridgehead atoms. The van der Waals surface area contributed by atoms with Gasteiger partial charge in [-0.1, -0.05) is 193 Å². The third-order valence-electron chi connectivity index (χ3n) is 17.3. The molecule has 0 spiro atoms. The van der Waals surface area contributed by atoms with Gasteiger partial charge in [-0.25, -0.2) is 45.6 Å². The van der Waals surface area contributed by atoms with Crippen LogP contribution in [0.5, 0.6) is 0 Å². The van der Waals surface area contributed by atoms with Crippen LogP contribution in [0.2, 0.25) is 5.15 Å². The number of rotatable bonds is 20. The molecular weight excluding hydrogens is 1470 g/mol.